The van der Waals surface area contributed by atoms with Gasteiger partial charge in [-0.25, -0.2) is 0 Å². The van der Waals surface area contributed by atoms with E-state index in [9.17, 15) is 5.11 Å². The van der Waals surface area contributed by atoms with E-state index in [1.165, 1.54) is 64.2 Å². The molecule has 0 saturated heterocycles. The summed E-state index contributed by atoms with van der Waals surface area (Å²) in [6.07, 6.45) is 15.8. The maximum Gasteiger partial charge on any atom is 0.0597 e. The van der Waals surface area contributed by atoms with Crippen molar-refractivity contribution in [3.05, 3.63) is 11.1 Å². The van der Waals surface area contributed by atoms with Crippen molar-refractivity contribution >= 4 is 0 Å². The van der Waals surface area contributed by atoms with Gasteiger partial charge in [0.2, 0.25) is 0 Å². The van der Waals surface area contributed by atoms with Crippen LogP contribution in [0.1, 0.15) is 126 Å². The van der Waals surface area contributed by atoms with E-state index in [0.29, 0.717) is 16.7 Å². The molecule has 1 unspecified atom stereocenters. The minimum absolute atomic E-state index is 0.103. The third kappa shape index (κ3) is 3.68. The molecule has 0 spiro atoms. The smallest absolute Gasteiger partial charge is 0.0597 e. The Balaban J connectivity index is 1.58. The Morgan fingerprint density at radius 2 is 1.68 bits per heavy atom. The lowest BCUT2D eigenvalue weighted by molar-refractivity contribution is -0.105. The van der Waals surface area contributed by atoms with Crippen molar-refractivity contribution < 1.29 is 5.11 Å². The van der Waals surface area contributed by atoms with Crippen LogP contribution < -0.4 is 0 Å². The summed E-state index contributed by atoms with van der Waals surface area (Å²) in [5.74, 6) is 4.19. The first-order chi connectivity index (χ1) is 14.6. The molecule has 0 radical (unpaired) electrons. The molecule has 0 aromatic heterocycles. The Morgan fingerprint density at radius 3 is 2.35 bits per heavy atom. The van der Waals surface area contributed by atoms with Gasteiger partial charge in [-0.3, -0.25) is 0 Å². The molecule has 4 rings (SSSR count). The molecule has 0 amide bonds. The topological polar surface area (TPSA) is 20.2 Å². The van der Waals surface area contributed by atoms with Crippen LogP contribution in [0.2, 0.25) is 0 Å². The first-order valence-corrected chi connectivity index (χ1v) is 14.0. The third-order valence-corrected chi connectivity index (χ3v) is 11.7. The van der Waals surface area contributed by atoms with Gasteiger partial charge in [0.25, 0.3) is 0 Å². The summed E-state index contributed by atoms with van der Waals surface area (Å²) in [6.45, 7) is 17.3. The Hall–Kier alpha value is -0.300. The second kappa shape index (κ2) is 8.48. The fourth-order valence-corrected chi connectivity index (χ4v) is 9.61. The first-order valence-electron chi connectivity index (χ1n) is 14.0. The molecular weight excluding hydrogens is 376 g/mol. The summed E-state index contributed by atoms with van der Waals surface area (Å²) in [4.78, 5) is 0. The predicted molar refractivity (Wildman–Crippen MR) is 133 cm³/mol. The van der Waals surface area contributed by atoms with E-state index in [1.807, 2.05) is 11.1 Å². The molecule has 4 aliphatic carbocycles. The highest BCUT2D eigenvalue weighted by Crippen LogP contribution is 2.68. The molecule has 178 valence electrons. The van der Waals surface area contributed by atoms with E-state index in [1.54, 1.807) is 0 Å². The Morgan fingerprint density at radius 1 is 0.935 bits per heavy atom. The number of hydrogen-bond donors (Lipinski definition) is 1. The van der Waals surface area contributed by atoms with Gasteiger partial charge in [-0.05, 0) is 104 Å². The Kier molecular flexibility index (Phi) is 6.53. The van der Waals surface area contributed by atoms with Crippen LogP contribution in [0.5, 0.6) is 0 Å². The zero-order chi connectivity index (χ0) is 22.6. The molecule has 0 aromatic carbocycles. The van der Waals surface area contributed by atoms with E-state index >= 15 is 0 Å². The third-order valence-electron chi connectivity index (χ3n) is 11.7. The van der Waals surface area contributed by atoms with Crippen LogP contribution >= 0.6 is 0 Å². The zero-order valence-corrected chi connectivity index (χ0v) is 21.9. The largest absolute Gasteiger partial charge is 0.393 e. The minimum Gasteiger partial charge on any atom is -0.393 e. The lowest BCUT2D eigenvalue weighted by Gasteiger charge is -2.60. The number of aliphatic hydroxyl groups excluding tert-OH is 1. The molecule has 0 aliphatic heterocycles. The van der Waals surface area contributed by atoms with Gasteiger partial charge in [0, 0.05) is 0 Å². The maximum atomic E-state index is 11.0. The summed E-state index contributed by atoms with van der Waals surface area (Å²) in [5.41, 5.74) is 4.79. The number of fused-ring (bicyclic) bond motifs is 4. The molecule has 0 bridgehead atoms. The molecule has 0 aromatic rings. The normalized spacial score (nSPS) is 46.0. The lowest BCUT2D eigenvalue weighted by Crippen LogP contribution is -2.54. The van der Waals surface area contributed by atoms with Gasteiger partial charge < -0.3 is 5.11 Å². The quantitative estimate of drug-likeness (QED) is 0.420. The van der Waals surface area contributed by atoms with Crippen LogP contribution in [0.25, 0.3) is 0 Å². The molecule has 8 atom stereocenters. The van der Waals surface area contributed by atoms with E-state index in [0.717, 1.165) is 36.5 Å². The van der Waals surface area contributed by atoms with E-state index in [-0.39, 0.29) is 11.5 Å². The SMILES string of the molecule is CC[C@@]1(C)C2CCC3=C(CC[C@]4(C)[C@@H]([C@H](C)CCCC(C)C)CC[C@@H]34)[C@@]2(C)CC[C@@H]1O. The number of aliphatic hydroxyl groups is 1. The van der Waals surface area contributed by atoms with Crippen molar-refractivity contribution in [1.82, 2.24) is 0 Å². The molecule has 2 fully saturated rings. The van der Waals surface area contributed by atoms with Crippen molar-refractivity contribution in [1.29, 1.82) is 0 Å². The van der Waals surface area contributed by atoms with Gasteiger partial charge in [-0.15, -0.1) is 0 Å². The Labute approximate surface area is 193 Å². The monoisotopic (exact) mass is 428 g/mol. The van der Waals surface area contributed by atoms with Crippen LogP contribution in [0.3, 0.4) is 0 Å². The van der Waals surface area contributed by atoms with Crippen molar-refractivity contribution in [2.45, 2.75) is 132 Å². The van der Waals surface area contributed by atoms with Gasteiger partial charge in [-0.2, -0.15) is 0 Å². The first kappa shape index (κ1) is 23.8. The van der Waals surface area contributed by atoms with E-state index in [4.69, 9.17) is 0 Å². The van der Waals surface area contributed by atoms with Crippen molar-refractivity contribution in [2.75, 3.05) is 0 Å². The van der Waals surface area contributed by atoms with Gasteiger partial charge in [-0.1, -0.05) is 78.9 Å². The summed E-state index contributed by atoms with van der Waals surface area (Å²) in [6, 6.07) is 0. The van der Waals surface area contributed by atoms with Crippen LogP contribution in [0.4, 0.5) is 0 Å². The molecule has 2 saturated carbocycles. The highest BCUT2D eigenvalue weighted by atomic mass is 16.3. The molecular formula is C30H52O. The minimum atomic E-state index is -0.103. The van der Waals surface area contributed by atoms with E-state index < -0.39 is 0 Å². The molecule has 1 heteroatoms. The van der Waals surface area contributed by atoms with Gasteiger partial charge in [0.15, 0.2) is 0 Å². The lowest BCUT2D eigenvalue weighted by atomic mass is 9.45. The average Bonchev–Trinajstić information content (AvgIpc) is 3.08. The van der Waals surface area contributed by atoms with Crippen molar-refractivity contribution in [3.63, 3.8) is 0 Å². The highest BCUT2D eigenvalue weighted by Gasteiger charge is 2.59. The Bertz CT molecular complexity index is 691. The van der Waals surface area contributed by atoms with Crippen molar-refractivity contribution in [2.24, 2.45) is 45.8 Å². The number of rotatable bonds is 6. The van der Waals surface area contributed by atoms with Crippen LogP contribution in [-0.2, 0) is 0 Å². The summed E-state index contributed by atoms with van der Waals surface area (Å²) < 4.78 is 0. The fraction of sp³-hybridized carbons (Fsp3) is 0.933. The summed E-state index contributed by atoms with van der Waals surface area (Å²) >= 11 is 0. The molecule has 4 aliphatic rings. The highest BCUT2D eigenvalue weighted by molar-refractivity contribution is 5.35. The number of allylic oxidation sites excluding steroid dienone is 2. The molecule has 1 nitrogen and oxygen atoms in total. The predicted octanol–water partition coefficient (Wildman–Crippen LogP) is 8.56. The van der Waals surface area contributed by atoms with Crippen LogP contribution in [0, 0.1) is 45.8 Å². The average molecular weight is 429 g/mol. The van der Waals surface area contributed by atoms with Gasteiger partial charge in [0.05, 0.1) is 6.10 Å². The van der Waals surface area contributed by atoms with Crippen LogP contribution in [-0.4, -0.2) is 11.2 Å². The van der Waals surface area contributed by atoms with Gasteiger partial charge >= 0.3 is 0 Å². The second-order valence-corrected chi connectivity index (χ2v) is 13.5. The van der Waals surface area contributed by atoms with E-state index in [2.05, 4.69) is 48.5 Å². The molecule has 31 heavy (non-hydrogen) atoms. The van der Waals surface area contributed by atoms with Crippen molar-refractivity contribution in [3.8, 4) is 0 Å². The fourth-order valence-electron chi connectivity index (χ4n) is 9.61. The van der Waals surface area contributed by atoms with Gasteiger partial charge in [0.1, 0.15) is 0 Å². The zero-order valence-electron chi connectivity index (χ0n) is 21.9. The standard InChI is InChI=1S/C30H52O/c1-8-28(5)26-15-12-22-24-14-13-23(21(4)11-9-10-20(2)3)29(24,6)18-16-25(22)30(26,7)19-17-27(28)31/h20-21,23-24,26-27,31H,8-19H2,1-7H3/t21-,23-,24+,26?,27+,28+,29-,30-/m1/s1. The molecule has 1 N–H and O–H groups in total. The maximum absolute atomic E-state index is 11.0. The number of hydrogen-bond acceptors (Lipinski definition) is 1. The van der Waals surface area contributed by atoms with Crippen LogP contribution in [0.15, 0.2) is 11.1 Å². The molecule has 0 heterocycles. The second-order valence-electron chi connectivity index (χ2n) is 13.5. The summed E-state index contributed by atoms with van der Waals surface area (Å²) in [7, 11) is 0. The summed E-state index contributed by atoms with van der Waals surface area (Å²) in [5, 5.41) is 11.0.